The minimum atomic E-state index is -4.04. The zero-order chi connectivity index (χ0) is 15.3. The minimum Gasteiger partial charge on any atom is -0.364 e. The predicted molar refractivity (Wildman–Crippen MR) is 75.8 cm³/mol. The number of anilines is 1. The first-order chi connectivity index (χ1) is 8.91. The minimum absolute atomic E-state index is 0.104. The largest absolute Gasteiger partial charge is 0.364 e. The predicted octanol–water partition coefficient (Wildman–Crippen LogP) is 0.734. The quantitative estimate of drug-likeness (QED) is 0.621. The summed E-state index contributed by atoms with van der Waals surface area (Å²) in [4.78, 5) is -0.634. The maximum Gasteiger partial charge on any atom is 0.244 e. The number of nitrogens with one attached hydrogen (secondary N) is 2. The van der Waals surface area contributed by atoms with Crippen molar-refractivity contribution in [3.05, 3.63) is 18.2 Å². The number of primary sulfonamides is 1. The molecule has 0 saturated heterocycles. The van der Waals surface area contributed by atoms with Gasteiger partial charge in [-0.1, -0.05) is 34.8 Å². The van der Waals surface area contributed by atoms with Gasteiger partial charge in [0, 0.05) is 0 Å². The van der Waals surface area contributed by atoms with Crippen molar-refractivity contribution in [1.29, 1.82) is 0 Å². The number of alkyl halides is 3. The Morgan fingerprint density at radius 2 is 1.85 bits per heavy atom. The number of halogens is 3. The first kappa shape index (κ1) is 16.1. The number of nitrogens with two attached hydrogens (primary N) is 1. The van der Waals surface area contributed by atoms with Crippen molar-refractivity contribution < 1.29 is 16.8 Å². The highest BCUT2D eigenvalue weighted by molar-refractivity contribution is 7.90. The lowest BCUT2D eigenvalue weighted by Gasteiger charge is -2.32. The van der Waals surface area contributed by atoms with E-state index in [1.165, 1.54) is 6.07 Å². The Balaban J connectivity index is 2.59. The summed E-state index contributed by atoms with van der Waals surface area (Å²) in [5.74, 6) is 0. The van der Waals surface area contributed by atoms with Gasteiger partial charge < -0.3 is 5.32 Å². The highest BCUT2D eigenvalue weighted by atomic mass is 35.6. The van der Waals surface area contributed by atoms with Gasteiger partial charge in [-0.3, -0.25) is 0 Å². The molecule has 0 radical (unpaired) electrons. The fourth-order valence-electron chi connectivity index (χ4n) is 1.57. The molecule has 112 valence electrons. The maximum absolute atomic E-state index is 12.0. The molecule has 2 rings (SSSR count). The van der Waals surface area contributed by atoms with Gasteiger partial charge in [0.25, 0.3) is 0 Å². The van der Waals surface area contributed by atoms with E-state index < -0.39 is 30.0 Å². The summed E-state index contributed by atoms with van der Waals surface area (Å²) in [5.41, 5.74) is 0.104. The van der Waals surface area contributed by atoms with Gasteiger partial charge >= 0.3 is 0 Å². The van der Waals surface area contributed by atoms with Gasteiger partial charge in [0.2, 0.25) is 23.8 Å². The van der Waals surface area contributed by atoms with Gasteiger partial charge in [-0.25, -0.2) is 22.0 Å². The fourth-order valence-corrected chi connectivity index (χ4v) is 4.08. The standard InChI is InChI=1S/C8H8Cl3N3O4S2/c9-8(10,11)7-13-5-2-1-4(19(12,15)16)3-6(5)20(17,18)14-7/h1-3,7,13-14H,(H2,12,15,16). The summed E-state index contributed by atoms with van der Waals surface area (Å²) in [6.07, 6.45) is -1.19. The summed E-state index contributed by atoms with van der Waals surface area (Å²) < 4.78 is 46.7. The van der Waals surface area contributed by atoms with E-state index in [2.05, 4.69) is 10.0 Å². The van der Waals surface area contributed by atoms with Crippen LogP contribution in [0.25, 0.3) is 0 Å². The molecule has 7 nitrogen and oxygen atoms in total. The average molecular weight is 381 g/mol. The number of hydrogen-bond acceptors (Lipinski definition) is 5. The highest BCUT2D eigenvalue weighted by Crippen LogP contribution is 2.36. The molecule has 1 aromatic rings. The molecule has 0 bridgehead atoms. The summed E-state index contributed by atoms with van der Waals surface area (Å²) >= 11 is 16.9. The Morgan fingerprint density at radius 1 is 1.25 bits per heavy atom. The zero-order valence-electron chi connectivity index (χ0n) is 9.47. The van der Waals surface area contributed by atoms with E-state index in [1.54, 1.807) is 0 Å². The molecule has 0 spiro atoms. The smallest absolute Gasteiger partial charge is 0.244 e. The van der Waals surface area contributed by atoms with Crippen LogP contribution in [-0.4, -0.2) is 26.8 Å². The van der Waals surface area contributed by atoms with Gasteiger partial charge in [0.15, 0.2) is 0 Å². The monoisotopic (exact) mass is 379 g/mol. The molecule has 0 amide bonds. The van der Waals surface area contributed by atoms with Crippen LogP contribution < -0.4 is 15.2 Å². The third-order valence-corrected chi connectivity index (χ3v) is 5.50. The molecule has 12 heteroatoms. The molecular formula is C8H8Cl3N3O4S2. The first-order valence-electron chi connectivity index (χ1n) is 4.94. The Kier molecular flexibility index (Phi) is 3.92. The molecule has 1 unspecified atom stereocenters. The van der Waals surface area contributed by atoms with E-state index in [-0.39, 0.29) is 15.5 Å². The zero-order valence-corrected chi connectivity index (χ0v) is 13.4. The van der Waals surface area contributed by atoms with Crippen molar-refractivity contribution in [1.82, 2.24) is 4.72 Å². The average Bonchev–Trinajstić information content (AvgIpc) is 2.25. The van der Waals surface area contributed by atoms with E-state index in [9.17, 15) is 16.8 Å². The van der Waals surface area contributed by atoms with Crippen molar-refractivity contribution in [3.8, 4) is 0 Å². The first-order valence-corrected chi connectivity index (χ1v) is 9.10. The van der Waals surface area contributed by atoms with Gasteiger partial charge in [0.1, 0.15) is 11.1 Å². The van der Waals surface area contributed by atoms with Crippen molar-refractivity contribution in [2.75, 3.05) is 5.32 Å². The Morgan fingerprint density at radius 3 is 2.35 bits per heavy atom. The van der Waals surface area contributed by atoms with Crippen LogP contribution in [-0.2, 0) is 20.0 Å². The topological polar surface area (TPSA) is 118 Å². The molecule has 0 aromatic heterocycles. The number of hydrogen-bond donors (Lipinski definition) is 3. The van der Waals surface area contributed by atoms with Crippen LogP contribution in [0.3, 0.4) is 0 Å². The van der Waals surface area contributed by atoms with Gasteiger partial charge in [-0.05, 0) is 18.2 Å². The maximum atomic E-state index is 12.0. The van der Waals surface area contributed by atoms with Crippen molar-refractivity contribution in [2.45, 2.75) is 19.7 Å². The van der Waals surface area contributed by atoms with E-state index in [4.69, 9.17) is 39.9 Å². The van der Waals surface area contributed by atoms with Crippen LogP contribution in [0.2, 0.25) is 0 Å². The van der Waals surface area contributed by atoms with Gasteiger partial charge in [-0.15, -0.1) is 0 Å². The van der Waals surface area contributed by atoms with Crippen molar-refractivity contribution >= 4 is 60.5 Å². The number of sulfonamides is 2. The van der Waals surface area contributed by atoms with Gasteiger partial charge in [0.05, 0.1) is 10.6 Å². The number of benzene rings is 1. The number of rotatable bonds is 1. The van der Waals surface area contributed by atoms with Crippen molar-refractivity contribution in [3.63, 3.8) is 0 Å². The Hall–Kier alpha value is -0.290. The van der Waals surface area contributed by atoms with Crippen LogP contribution in [0.1, 0.15) is 0 Å². The Labute approximate surface area is 130 Å². The second-order valence-electron chi connectivity index (χ2n) is 3.94. The van der Waals surface area contributed by atoms with E-state index in [1.807, 2.05) is 0 Å². The molecule has 0 aliphatic carbocycles. The van der Waals surface area contributed by atoms with E-state index in [0.29, 0.717) is 0 Å². The number of fused-ring (bicyclic) bond motifs is 1. The molecule has 0 saturated carbocycles. The third-order valence-electron chi connectivity index (χ3n) is 2.47. The van der Waals surface area contributed by atoms with E-state index >= 15 is 0 Å². The second-order valence-corrected chi connectivity index (χ2v) is 9.56. The molecule has 0 fully saturated rings. The lowest BCUT2D eigenvalue weighted by molar-refractivity contribution is 0.557. The Bertz CT molecular complexity index is 758. The summed E-state index contributed by atoms with van der Waals surface area (Å²) in [6.45, 7) is 0. The molecule has 1 heterocycles. The summed E-state index contributed by atoms with van der Waals surface area (Å²) in [5, 5.41) is 7.60. The van der Waals surface area contributed by atoms with Crippen LogP contribution in [0.15, 0.2) is 28.0 Å². The second kappa shape index (κ2) is 4.87. The lowest BCUT2D eigenvalue weighted by atomic mass is 10.3. The molecule has 4 N–H and O–H groups in total. The highest BCUT2D eigenvalue weighted by Gasteiger charge is 2.41. The summed E-state index contributed by atoms with van der Waals surface area (Å²) in [6, 6.07) is 3.31. The third kappa shape index (κ3) is 3.14. The van der Waals surface area contributed by atoms with Crippen LogP contribution in [0, 0.1) is 0 Å². The van der Waals surface area contributed by atoms with Crippen LogP contribution in [0.4, 0.5) is 5.69 Å². The van der Waals surface area contributed by atoms with E-state index in [0.717, 1.165) is 12.1 Å². The van der Waals surface area contributed by atoms with Gasteiger partial charge in [-0.2, -0.15) is 4.72 Å². The van der Waals surface area contributed by atoms with Crippen LogP contribution in [0.5, 0.6) is 0 Å². The van der Waals surface area contributed by atoms with Crippen LogP contribution >= 0.6 is 34.8 Å². The molecule has 20 heavy (non-hydrogen) atoms. The fraction of sp³-hybridized carbons (Fsp3) is 0.250. The lowest BCUT2D eigenvalue weighted by Crippen LogP contribution is -2.52. The molecular weight excluding hydrogens is 373 g/mol. The molecule has 1 aliphatic heterocycles. The molecule has 1 aromatic carbocycles. The SMILES string of the molecule is NS(=O)(=O)c1ccc2c(c1)S(=O)(=O)NC(C(Cl)(Cl)Cl)N2. The van der Waals surface area contributed by atoms with Crippen molar-refractivity contribution in [2.24, 2.45) is 5.14 Å². The molecule has 1 atom stereocenters. The molecule has 1 aliphatic rings. The summed E-state index contributed by atoms with van der Waals surface area (Å²) in [7, 11) is -8.07. The normalized spacial score (nSPS) is 21.9.